The Morgan fingerprint density at radius 3 is 2.75 bits per heavy atom. The number of carboxylic acids is 1. The van der Waals surface area contributed by atoms with Gasteiger partial charge < -0.3 is 9.84 Å². The van der Waals surface area contributed by atoms with Crippen LogP contribution in [0.2, 0.25) is 5.02 Å². The molecule has 1 aromatic carbocycles. The second kappa shape index (κ2) is 4.80. The lowest BCUT2D eigenvalue weighted by molar-refractivity contribution is -0.385. The predicted molar refractivity (Wildman–Crippen MR) is 56.0 cm³/mol. The van der Waals surface area contributed by atoms with Crippen molar-refractivity contribution in [2.75, 3.05) is 6.61 Å². The number of halogens is 1. The third kappa shape index (κ3) is 2.83. The van der Waals surface area contributed by atoms with Gasteiger partial charge in [0, 0.05) is 6.07 Å². The van der Waals surface area contributed by atoms with Gasteiger partial charge in [0.1, 0.15) is 0 Å². The van der Waals surface area contributed by atoms with Gasteiger partial charge in [-0.3, -0.25) is 10.1 Å². The summed E-state index contributed by atoms with van der Waals surface area (Å²) < 4.78 is 4.80. The highest BCUT2D eigenvalue weighted by molar-refractivity contribution is 6.31. The summed E-state index contributed by atoms with van der Waals surface area (Å²) in [5, 5.41) is 19.3. The topological polar surface area (TPSA) is 89.7 Å². The normalized spacial score (nSPS) is 9.88. The first-order valence-electron chi connectivity index (χ1n) is 4.21. The lowest BCUT2D eigenvalue weighted by atomic mass is 10.2. The van der Waals surface area contributed by atoms with E-state index in [1.54, 1.807) is 6.92 Å². The molecule has 1 rings (SSSR count). The second-order valence-corrected chi connectivity index (χ2v) is 3.42. The van der Waals surface area contributed by atoms with Gasteiger partial charge in [-0.15, -0.1) is 0 Å². The minimum Gasteiger partial charge on any atom is -0.479 e. The SMILES string of the molecule is Cc1cc(OCC(=O)O)c([N+](=O)[O-])cc1Cl. The van der Waals surface area contributed by atoms with Crippen LogP contribution < -0.4 is 4.74 Å². The number of carbonyl (C=O) groups is 1. The van der Waals surface area contributed by atoms with E-state index in [1.807, 2.05) is 0 Å². The fraction of sp³-hybridized carbons (Fsp3) is 0.222. The Morgan fingerprint density at radius 1 is 1.62 bits per heavy atom. The van der Waals surface area contributed by atoms with E-state index in [0.29, 0.717) is 5.56 Å². The molecule has 0 amide bonds. The highest BCUT2D eigenvalue weighted by atomic mass is 35.5. The highest BCUT2D eigenvalue weighted by Gasteiger charge is 2.18. The number of benzene rings is 1. The van der Waals surface area contributed by atoms with Gasteiger partial charge in [-0.2, -0.15) is 0 Å². The first-order chi connectivity index (χ1) is 7.41. The minimum atomic E-state index is -1.21. The number of nitro groups is 1. The Balaban J connectivity index is 3.09. The summed E-state index contributed by atoms with van der Waals surface area (Å²) in [6.07, 6.45) is 0. The summed E-state index contributed by atoms with van der Waals surface area (Å²) >= 11 is 5.72. The Bertz CT molecular complexity index is 446. The van der Waals surface area contributed by atoms with E-state index in [0.717, 1.165) is 6.07 Å². The number of hydrogen-bond donors (Lipinski definition) is 1. The molecule has 0 aromatic heterocycles. The number of aliphatic carboxylic acids is 1. The lowest BCUT2D eigenvalue weighted by Crippen LogP contribution is -2.10. The number of rotatable bonds is 4. The maximum absolute atomic E-state index is 10.6. The summed E-state index contributed by atoms with van der Waals surface area (Å²) in [6.45, 7) is 1.00. The number of hydrogen-bond acceptors (Lipinski definition) is 4. The molecular formula is C9H8ClNO5. The molecular weight excluding hydrogens is 238 g/mol. The first kappa shape index (κ1) is 12.3. The van der Waals surface area contributed by atoms with E-state index in [-0.39, 0.29) is 16.5 Å². The van der Waals surface area contributed by atoms with Gasteiger partial charge in [-0.25, -0.2) is 4.79 Å². The van der Waals surface area contributed by atoms with Crippen LogP contribution in [0.3, 0.4) is 0 Å². The molecule has 0 atom stereocenters. The van der Waals surface area contributed by atoms with Crippen LogP contribution in [0.15, 0.2) is 12.1 Å². The summed E-state index contributed by atoms with van der Waals surface area (Å²) in [7, 11) is 0. The summed E-state index contributed by atoms with van der Waals surface area (Å²) in [5.41, 5.74) is 0.226. The number of aryl methyl sites for hydroxylation is 1. The molecule has 0 unspecified atom stereocenters. The predicted octanol–water partition coefficient (Wildman–Crippen LogP) is 2.02. The molecule has 0 aliphatic carbocycles. The van der Waals surface area contributed by atoms with Crippen LogP contribution in [0.1, 0.15) is 5.56 Å². The van der Waals surface area contributed by atoms with Crippen LogP contribution >= 0.6 is 11.6 Å². The van der Waals surface area contributed by atoms with Crippen molar-refractivity contribution in [1.82, 2.24) is 0 Å². The van der Waals surface area contributed by atoms with E-state index in [1.165, 1.54) is 6.07 Å². The van der Waals surface area contributed by atoms with Crippen molar-refractivity contribution in [3.05, 3.63) is 32.8 Å². The Labute approximate surface area is 95.6 Å². The molecule has 0 saturated carbocycles. The zero-order valence-corrected chi connectivity index (χ0v) is 9.02. The molecule has 0 heterocycles. The number of ether oxygens (including phenoxy) is 1. The largest absolute Gasteiger partial charge is 0.479 e. The Morgan fingerprint density at radius 2 is 2.25 bits per heavy atom. The molecule has 0 saturated heterocycles. The van der Waals surface area contributed by atoms with Gasteiger partial charge in [0.25, 0.3) is 0 Å². The van der Waals surface area contributed by atoms with Crippen LogP contribution in [0.5, 0.6) is 5.75 Å². The van der Waals surface area contributed by atoms with E-state index in [9.17, 15) is 14.9 Å². The molecule has 0 spiro atoms. The van der Waals surface area contributed by atoms with Gasteiger partial charge in [-0.1, -0.05) is 11.6 Å². The molecule has 0 aliphatic rings. The molecule has 0 bridgehead atoms. The first-order valence-corrected chi connectivity index (χ1v) is 4.58. The van der Waals surface area contributed by atoms with Crippen molar-refractivity contribution in [2.24, 2.45) is 0 Å². The molecule has 1 N–H and O–H groups in total. The van der Waals surface area contributed by atoms with E-state index in [2.05, 4.69) is 0 Å². The van der Waals surface area contributed by atoms with E-state index >= 15 is 0 Å². The maximum Gasteiger partial charge on any atom is 0.341 e. The highest BCUT2D eigenvalue weighted by Crippen LogP contribution is 2.32. The standard InChI is InChI=1S/C9H8ClNO5/c1-5-2-8(16-4-9(12)13)7(11(14)15)3-6(5)10/h2-3H,4H2,1H3,(H,12,13). The average Bonchev–Trinajstić information content (AvgIpc) is 2.18. The molecule has 6 nitrogen and oxygen atoms in total. The number of nitro benzene ring substituents is 1. The zero-order chi connectivity index (χ0) is 12.3. The van der Waals surface area contributed by atoms with Gasteiger partial charge in [0.2, 0.25) is 0 Å². The van der Waals surface area contributed by atoms with Crippen molar-refractivity contribution in [3.8, 4) is 5.75 Å². The maximum atomic E-state index is 10.6. The van der Waals surface area contributed by atoms with Crippen molar-refractivity contribution < 1.29 is 19.6 Å². The monoisotopic (exact) mass is 245 g/mol. The van der Waals surface area contributed by atoms with Gasteiger partial charge in [0.05, 0.1) is 9.95 Å². The molecule has 0 aliphatic heterocycles. The summed E-state index contributed by atoms with van der Waals surface area (Å²) in [4.78, 5) is 20.3. The molecule has 0 fully saturated rings. The second-order valence-electron chi connectivity index (χ2n) is 3.01. The zero-order valence-electron chi connectivity index (χ0n) is 8.27. The van der Waals surface area contributed by atoms with Gasteiger partial charge in [-0.05, 0) is 18.6 Å². The van der Waals surface area contributed by atoms with Gasteiger partial charge >= 0.3 is 11.7 Å². The van der Waals surface area contributed by atoms with E-state index < -0.39 is 17.5 Å². The molecule has 0 radical (unpaired) electrons. The molecule has 16 heavy (non-hydrogen) atoms. The fourth-order valence-corrected chi connectivity index (χ4v) is 1.20. The van der Waals surface area contributed by atoms with Crippen LogP contribution in [-0.2, 0) is 4.79 Å². The van der Waals surface area contributed by atoms with Crippen molar-refractivity contribution in [2.45, 2.75) is 6.92 Å². The van der Waals surface area contributed by atoms with Crippen molar-refractivity contribution >= 4 is 23.3 Å². The smallest absolute Gasteiger partial charge is 0.341 e. The third-order valence-electron chi connectivity index (χ3n) is 1.79. The lowest BCUT2D eigenvalue weighted by Gasteiger charge is -2.06. The Kier molecular flexibility index (Phi) is 3.68. The van der Waals surface area contributed by atoms with Gasteiger partial charge in [0.15, 0.2) is 12.4 Å². The number of carboxylic acid groups (broad SMARTS) is 1. The fourth-order valence-electron chi connectivity index (χ4n) is 1.04. The molecule has 86 valence electrons. The Hall–Kier alpha value is -1.82. The van der Waals surface area contributed by atoms with Crippen LogP contribution in [0, 0.1) is 17.0 Å². The van der Waals surface area contributed by atoms with Crippen molar-refractivity contribution in [3.63, 3.8) is 0 Å². The summed E-state index contributed by atoms with van der Waals surface area (Å²) in [6, 6.07) is 2.47. The van der Waals surface area contributed by atoms with Crippen LogP contribution in [-0.4, -0.2) is 22.6 Å². The minimum absolute atomic E-state index is 0.102. The molecule has 1 aromatic rings. The quantitative estimate of drug-likeness (QED) is 0.647. The van der Waals surface area contributed by atoms with Crippen LogP contribution in [0.25, 0.3) is 0 Å². The summed E-state index contributed by atoms with van der Waals surface area (Å²) in [5.74, 6) is -1.31. The third-order valence-corrected chi connectivity index (χ3v) is 2.20. The number of nitrogens with zero attached hydrogens (tertiary/aromatic N) is 1. The van der Waals surface area contributed by atoms with E-state index in [4.69, 9.17) is 21.4 Å². The average molecular weight is 246 g/mol. The van der Waals surface area contributed by atoms with Crippen molar-refractivity contribution in [1.29, 1.82) is 0 Å². The molecule has 7 heteroatoms. The van der Waals surface area contributed by atoms with Crippen LogP contribution in [0.4, 0.5) is 5.69 Å².